The number of hydrogen-bond donors (Lipinski definition) is 2. The average Bonchev–Trinajstić information content (AvgIpc) is 3.73. The summed E-state index contributed by atoms with van der Waals surface area (Å²) >= 11 is 6.71. The Morgan fingerprint density at radius 1 is 1.25 bits per heavy atom. The topological polar surface area (TPSA) is 156 Å². The fourth-order valence-electron chi connectivity index (χ4n) is 6.27. The molecule has 3 heterocycles. The predicted molar refractivity (Wildman–Crippen MR) is 177 cm³/mol. The van der Waals surface area contributed by atoms with E-state index in [0.29, 0.717) is 17.9 Å². The van der Waals surface area contributed by atoms with Crippen LogP contribution in [0.4, 0.5) is 10.5 Å². The van der Waals surface area contributed by atoms with E-state index in [1.807, 2.05) is 13.0 Å². The average molecular weight is 692 g/mol. The molecule has 264 valence electrons. The number of rotatable bonds is 5. The first-order valence-electron chi connectivity index (χ1n) is 15.8. The number of aliphatic hydroxyl groups is 1. The Hall–Kier alpha value is -3.65. The first kappa shape index (κ1) is 37.2. The second-order valence-electron chi connectivity index (χ2n) is 13.0. The number of amides is 3. The van der Waals surface area contributed by atoms with Crippen LogP contribution in [-0.2, 0) is 39.8 Å². The lowest BCUT2D eigenvalue weighted by atomic mass is 9.83. The van der Waals surface area contributed by atoms with Gasteiger partial charge in [-0.05, 0) is 44.9 Å². The molecule has 13 nitrogen and oxygen atoms in total. The maximum absolute atomic E-state index is 14.0. The first-order valence-corrected chi connectivity index (χ1v) is 16.2. The van der Waals surface area contributed by atoms with Crippen LogP contribution < -0.4 is 15.0 Å². The van der Waals surface area contributed by atoms with E-state index in [2.05, 4.69) is 5.32 Å². The molecule has 4 rings (SSSR count). The summed E-state index contributed by atoms with van der Waals surface area (Å²) < 4.78 is 28.9. The number of benzene rings is 1. The maximum Gasteiger partial charge on any atom is 0.409 e. The van der Waals surface area contributed by atoms with Crippen LogP contribution in [0.1, 0.15) is 53.0 Å². The molecule has 48 heavy (non-hydrogen) atoms. The Kier molecular flexibility index (Phi) is 11.2. The van der Waals surface area contributed by atoms with Gasteiger partial charge in [0.05, 0.1) is 25.3 Å². The van der Waals surface area contributed by atoms with Crippen LogP contribution in [0.25, 0.3) is 0 Å². The van der Waals surface area contributed by atoms with Crippen molar-refractivity contribution in [3.8, 4) is 5.75 Å². The number of esters is 1. The molecule has 2 N–H and O–H groups in total. The molecular weight excluding hydrogens is 646 g/mol. The number of carbonyl (C=O) groups is 4. The number of nitrogens with zero attached hydrogens (tertiary/aromatic N) is 2. The number of likely N-dealkylation sites (N-methyl/N-ethyl adjacent to an activating group) is 1. The van der Waals surface area contributed by atoms with Crippen LogP contribution in [0.5, 0.6) is 5.75 Å². The minimum Gasteiger partial charge on any atom is -0.495 e. The van der Waals surface area contributed by atoms with Crippen LogP contribution in [0.3, 0.4) is 0 Å². The van der Waals surface area contributed by atoms with Gasteiger partial charge in [-0.15, -0.1) is 0 Å². The number of methoxy groups -OCH3 is 2. The van der Waals surface area contributed by atoms with Crippen molar-refractivity contribution in [3.05, 3.63) is 46.5 Å². The number of carbonyl (C=O) groups excluding carboxylic acids is 4. The SMILES string of the molecule is COc1cc2cc(c1Cl)N(C)C(=O)C[C@H](OC(=O)[C@@H](C)N(C)C(C)=O)[C@]1(C)OC1[C@H](C)[C@@H]1C[C@@](O)(NC(=O)O1)[C@H](OC)C=CC=C(C)C2. The highest BCUT2D eigenvalue weighted by Crippen LogP contribution is 2.49. The third-order valence-corrected chi connectivity index (χ3v) is 10.0. The van der Waals surface area contributed by atoms with Crippen molar-refractivity contribution in [2.45, 2.75) is 95.7 Å². The largest absolute Gasteiger partial charge is 0.495 e. The summed E-state index contributed by atoms with van der Waals surface area (Å²) in [6.45, 7) is 8.29. The van der Waals surface area contributed by atoms with Crippen molar-refractivity contribution in [2.75, 3.05) is 33.2 Å². The van der Waals surface area contributed by atoms with E-state index in [1.165, 1.54) is 44.9 Å². The summed E-state index contributed by atoms with van der Waals surface area (Å²) in [4.78, 5) is 54.7. The smallest absolute Gasteiger partial charge is 0.409 e. The van der Waals surface area contributed by atoms with E-state index in [1.54, 1.807) is 45.2 Å². The van der Waals surface area contributed by atoms with Gasteiger partial charge in [0.15, 0.2) is 5.72 Å². The Bertz CT molecular complexity index is 1500. The van der Waals surface area contributed by atoms with Crippen molar-refractivity contribution >= 4 is 41.2 Å². The molecule has 0 aromatic heterocycles. The first-order chi connectivity index (χ1) is 22.4. The fourth-order valence-corrected chi connectivity index (χ4v) is 6.59. The van der Waals surface area contributed by atoms with Gasteiger partial charge >= 0.3 is 12.1 Å². The number of hydrogen-bond acceptors (Lipinski definition) is 10. The summed E-state index contributed by atoms with van der Waals surface area (Å²) in [6.07, 6.45) is 1.02. The Labute approximate surface area is 286 Å². The molecule has 1 aromatic rings. The van der Waals surface area contributed by atoms with Gasteiger partial charge in [0, 0.05) is 40.5 Å². The molecule has 0 spiro atoms. The summed E-state index contributed by atoms with van der Waals surface area (Å²) in [6, 6.07) is 2.63. The van der Waals surface area contributed by atoms with Gasteiger partial charge in [0.25, 0.3) is 0 Å². The molecule has 1 aromatic carbocycles. The van der Waals surface area contributed by atoms with Gasteiger partial charge in [-0.1, -0.05) is 42.3 Å². The maximum atomic E-state index is 14.0. The Balaban J connectivity index is 1.80. The lowest BCUT2D eigenvalue weighted by molar-refractivity contribution is -0.161. The Morgan fingerprint density at radius 2 is 1.94 bits per heavy atom. The second-order valence-corrected chi connectivity index (χ2v) is 13.4. The number of nitrogens with one attached hydrogen (secondary N) is 1. The number of epoxide rings is 1. The van der Waals surface area contributed by atoms with Crippen molar-refractivity contribution in [1.82, 2.24) is 10.2 Å². The normalized spacial score (nSPS) is 31.4. The zero-order valence-corrected chi connectivity index (χ0v) is 29.6. The van der Waals surface area contributed by atoms with E-state index >= 15 is 0 Å². The fraction of sp³-hybridized carbons (Fsp3) is 0.588. The molecule has 2 saturated heterocycles. The van der Waals surface area contributed by atoms with E-state index in [9.17, 15) is 24.3 Å². The van der Waals surface area contributed by atoms with E-state index in [4.69, 9.17) is 35.3 Å². The van der Waals surface area contributed by atoms with Crippen LogP contribution in [0.15, 0.2) is 35.9 Å². The quantitative estimate of drug-likeness (QED) is 0.346. The van der Waals surface area contributed by atoms with Crippen LogP contribution in [0.2, 0.25) is 5.02 Å². The summed E-state index contributed by atoms with van der Waals surface area (Å²) in [7, 11) is 5.97. The monoisotopic (exact) mass is 691 g/mol. The number of allylic oxidation sites excluding steroid dienone is 3. The third kappa shape index (κ3) is 7.64. The minimum absolute atomic E-state index is 0.0436. The van der Waals surface area contributed by atoms with E-state index in [-0.39, 0.29) is 23.8 Å². The number of alkyl carbamates (subject to hydrolysis) is 1. The molecule has 14 heteroatoms. The number of fused-ring (bicyclic) bond motifs is 5. The second kappa shape index (κ2) is 14.5. The molecule has 2 fully saturated rings. The predicted octanol–water partition coefficient (Wildman–Crippen LogP) is 3.53. The van der Waals surface area contributed by atoms with Crippen LogP contribution in [0, 0.1) is 5.92 Å². The van der Waals surface area contributed by atoms with Gasteiger partial charge in [0.2, 0.25) is 11.8 Å². The highest BCUT2D eigenvalue weighted by atomic mass is 35.5. The summed E-state index contributed by atoms with van der Waals surface area (Å²) in [5, 5.41) is 14.4. The van der Waals surface area contributed by atoms with Gasteiger partial charge in [-0.2, -0.15) is 0 Å². The molecule has 0 saturated carbocycles. The van der Waals surface area contributed by atoms with Gasteiger partial charge < -0.3 is 38.6 Å². The zero-order chi connectivity index (χ0) is 35.7. The molecule has 3 aliphatic heterocycles. The van der Waals surface area contributed by atoms with Crippen molar-refractivity contribution < 1.29 is 48.0 Å². The number of halogens is 1. The van der Waals surface area contributed by atoms with Crippen molar-refractivity contribution in [2.24, 2.45) is 5.92 Å². The standard InChI is InChI=1S/C34H46ClN3O10/c1-18-11-10-12-26(45-9)34(43)17-25(46-32(42)36-34)19(2)30-33(5,48-30)27(47-31(41)20(3)37(6)21(4)39)16-28(40)38(7)23-14-22(13-18)15-24(44-8)29(23)35/h10-12,14-15,19-20,25-27,30,43H,13,16-17H2,1-9H3,(H,36,42)/t19-,20-,25+,26-,27+,30?,33+,34+/m1/s1. The molecular formula is C34H46ClN3O10. The lowest BCUT2D eigenvalue weighted by Gasteiger charge is -2.42. The van der Waals surface area contributed by atoms with Gasteiger partial charge in [-0.3, -0.25) is 14.9 Å². The van der Waals surface area contributed by atoms with E-state index < -0.39 is 65.7 Å². The molecule has 4 bridgehead atoms. The van der Waals surface area contributed by atoms with Gasteiger partial charge in [-0.25, -0.2) is 9.59 Å². The molecule has 8 atom stereocenters. The number of anilines is 1. The zero-order valence-electron chi connectivity index (χ0n) is 28.9. The van der Waals surface area contributed by atoms with Crippen LogP contribution >= 0.6 is 11.6 Å². The Morgan fingerprint density at radius 3 is 2.56 bits per heavy atom. The number of ether oxygens (including phenoxy) is 5. The summed E-state index contributed by atoms with van der Waals surface area (Å²) in [5.41, 5.74) is -0.871. The molecule has 0 aliphatic carbocycles. The molecule has 1 unspecified atom stereocenters. The highest BCUT2D eigenvalue weighted by molar-refractivity contribution is 6.35. The van der Waals surface area contributed by atoms with Crippen molar-refractivity contribution in [3.63, 3.8) is 0 Å². The minimum atomic E-state index is -1.81. The lowest BCUT2D eigenvalue weighted by Crippen LogP contribution is -2.63. The van der Waals surface area contributed by atoms with Crippen molar-refractivity contribution in [1.29, 1.82) is 0 Å². The highest BCUT2D eigenvalue weighted by Gasteiger charge is 2.64. The molecule has 3 aliphatic rings. The summed E-state index contributed by atoms with van der Waals surface area (Å²) in [5.74, 6) is -1.63. The van der Waals surface area contributed by atoms with E-state index in [0.717, 1.165) is 11.1 Å². The third-order valence-electron chi connectivity index (χ3n) is 9.63. The molecule has 3 amide bonds. The van der Waals surface area contributed by atoms with Gasteiger partial charge in [0.1, 0.15) is 40.7 Å². The van der Waals surface area contributed by atoms with Crippen LogP contribution in [-0.4, -0.2) is 104 Å². The molecule has 0 radical (unpaired) electrons.